The van der Waals surface area contributed by atoms with Gasteiger partial charge >= 0.3 is 0 Å². The number of aromatic nitrogens is 6. The second kappa shape index (κ2) is 6.72. The van der Waals surface area contributed by atoms with Crippen molar-refractivity contribution in [1.29, 1.82) is 0 Å². The molecule has 0 radical (unpaired) electrons. The number of rotatable bonds is 0. The molecule has 0 amide bonds. The molecule has 0 atom stereocenters. The first-order chi connectivity index (χ1) is 11.0. The van der Waals surface area contributed by atoms with Crippen molar-refractivity contribution in [3.05, 3.63) is 44.3 Å². The topological polar surface area (TPSA) is 72.3 Å². The van der Waals surface area contributed by atoms with Gasteiger partial charge in [0, 0.05) is 7.05 Å². The zero-order valence-corrected chi connectivity index (χ0v) is 16.2. The summed E-state index contributed by atoms with van der Waals surface area (Å²) < 4.78 is 3.33. The smallest absolute Gasteiger partial charge is 0.158 e. The van der Waals surface area contributed by atoms with Gasteiger partial charge < -0.3 is 9.55 Å². The maximum absolute atomic E-state index is 5.86. The third-order valence-corrected chi connectivity index (χ3v) is 4.31. The van der Waals surface area contributed by atoms with Crippen LogP contribution in [-0.2, 0) is 7.05 Å². The van der Waals surface area contributed by atoms with Crippen LogP contribution in [0.1, 0.15) is 0 Å². The van der Waals surface area contributed by atoms with Gasteiger partial charge in [-0.3, -0.25) is 0 Å². The van der Waals surface area contributed by atoms with E-state index in [0.717, 1.165) is 21.2 Å². The predicted molar refractivity (Wildman–Crippen MR) is 97.8 cm³/mol. The Morgan fingerprint density at radius 2 is 1.65 bits per heavy atom. The summed E-state index contributed by atoms with van der Waals surface area (Å²) in [7, 11) is 1.91. The van der Waals surface area contributed by atoms with E-state index in [1.165, 1.54) is 0 Å². The van der Waals surface area contributed by atoms with Crippen LogP contribution >= 0.6 is 55.1 Å². The molecule has 0 unspecified atom stereocenters. The Balaban J connectivity index is 0.000000136. The summed E-state index contributed by atoms with van der Waals surface area (Å²) in [5.41, 5.74) is 3.30. The summed E-state index contributed by atoms with van der Waals surface area (Å²) >= 11 is 18.1. The average Bonchev–Trinajstić information content (AvgIpc) is 3.07. The minimum atomic E-state index is 0.413. The summed E-state index contributed by atoms with van der Waals surface area (Å²) in [6, 6.07) is 3.71. The second-order valence-corrected chi connectivity index (χ2v) is 6.83. The van der Waals surface area contributed by atoms with Crippen LogP contribution < -0.4 is 0 Å². The monoisotopic (exact) mass is 476 g/mol. The number of nitrogens with one attached hydrogen (secondary N) is 1. The summed E-state index contributed by atoms with van der Waals surface area (Å²) in [5, 5.41) is 0.843. The van der Waals surface area contributed by atoms with Gasteiger partial charge in [-0.25, -0.2) is 19.9 Å². The number of hydrogen-bond donors (Lipinski definition) is 1. The highest BCUT2D eigenvalue weighted by Gasteiger charge is 2.06. The molecule has 0 aliphatic carbocycles. The minimum absolute atomic E-state index is 0.413. The Labute approximate surface area is 157 Å². The van der Waals surface area contributed by atoms with Crippen molar-refractivity contribution in [2.45, 2.75) is 0 Å². The van der Waals surface area contributed by atoms with Gasteiger partial charge in [-0.2, -0.15) is 0 Å². The molecular formula is C13H8Br2Cl2N6. The highest BCUT2D eigenvalue weighted by atomic mass is 79.9. The van der Waals surface area contributed by atoms with Crippen molar-refractivity contribution in [1.82, 2.24) is 29.5 Å². The quantitative estimate of drug-likeness (QED) is 0.370. The summed E-state index contributed by atoms with van der Waals surface area (Å²) in [6.07, 6.45) is 3.30. The van der Waals surface area contributed by atoms with E-state index in [1.807, 2.05) is 23.7 Å². The molecule has 0 aromatic carbocycles. The first-order valence-electron chi connectivity index (χ1n) is 6.24. The number of halogens is 4. The lowest BCUT2D eigenvalue weighted by molar-refractivity contribution is 0.947. The normalized spacial score (nSPS) is 10.8. The number of imidazole rings is 2. The van der Waals surface area contributed by atoms with Crippen LogP contribution in [0.2, 0.25) is 10.3 Å². The van der Waals surface area contributed by atoms with Crippen LogP contribution in [0, 0.1) is 0 Å². The van der Waals surface area contributed by atoms with Gasteiger partial charge in [-0.05, 0) is 44.0 Å². The van der Waals surface area contributed by atoms with Crippen molar-refractivity contribution in [3.8, 4) is 0 Å². The maximum atomic E-state index is 5.86. The lowest BCUT2D eigenvalue weighted by Crippen LogP contribution is -1.85. The van der Waals surface area contributed by atoms with Gasteiger partial charge in [0.05, 0.1) is 23.7 Å². The van der Waals surface area contributed by atoms with Crippen LogP contribution in [0.5, 0.6) is 0 Å². The van der Waals surface area contributed by atoms with Crippen molar-refractivity contribution in [2.24, 2.45) is 7.05 Å². The van der Waals surface area contributed by atoms with Crippen LogP contribution in [0.3, 0.4) is 0 Å². The number of aromatic amines is 1. The third-order valence-electron chi connectivity index (χ3n) is 2.97. The summed E-state index contributed by atoms with van der Waals surface area (Å²) in [5.74, 6) is 0. The van der Waals surface area contributed by atoms with Crippen LogP contribution in [0.15, 0.2) is 34.0 Å². The first-order valence-corrected chi connectivity index (χ1v) is 8.58. The molecule has 23 heavy (non-hydrogen) atoms. The van der Waals surface area contributed by atoms with E-state index in [9.17, 15) is 0 Å². The number of pyridine rings is 2. The molecule has 10 heteroatoms. The van der Waals surface area contributed by atoms with Gasteiger partial charge in [-0.15, -0.1) is 0 Å². The van der Waals surface area contributed by atoms with E-state index >= 15 is 0 Å². The van der Waals surface area contributed by atoms with E-state index in [2.05, 4.69) is 56.8 Å². The van der Waals surface area contributed by atoms with Crippen LogP contribution in [0.4, 0.5) is 0 Å². The van der Waals surface area contributed by atoms with E-state index in [0.29, 0.717) is 20.4 Å². The van der Waals surface area contributed by atoms with Gasteiger partial charge in [0.15, 0.2) is 10.3 Å². The largest absolute Gasteiger partial charge is 0.344 e. The zero-order chi connectivity index (χ0) is 16.6. The molecule has 4 rings (SSSR count). The van der Waals surface area contributed by atoms with Gasteiger partial charge in [0.2, 0.25) is 0 Å². The maximum Gasteiger partial charge on any atom is 0.158 e. The Morgan fingerprint density at radius 1 is 1.00 bits per heavy atom. The third kappa shape index (κ3) is 3.50. The average molecular weight is 479 g/mol. The van der Waals surface area contributed by atoms with Crippen molar-refractivity contribution >= 4 is 77.1 Å². The highest BCUT2D eigenvalue weighted by Crippen LogP contribution is 2.23. The molecule has 4 aromatic heterocycles. The van der Waals surface area contributed by atoms with E-state index in [1.54, 1.807) is 12.7 Å². The fraction of sp³-hybridized carbons (Fsp3) is 0.0769. The molecule has 0 aliphatic heterocycles. The number of fused-ring (bicyclic) bond motifs is 2. The fourth-order valence-corrected chi connectivity index (χ4v) is 3.42. The second-order valence-electron chi connectivity index (χ2n) is 4.49. The fourth-order valence-electron chi connectivity index (χ4n) is 1.94. The SMILES string of the molecule is Clc1nc(Br)cc2[nH]cnc12.Cn1cnc2c(Cl)nc(Br)cc21. The summed E-state index contributed by atoms with van der Waals surface area (Å²) in [4.78, 5) is 19.0. The lowest BCUT2D eigenvalue weighted by atomic mass is 10.4. The molecule has 0 fully saturated rings. The molecule has 0 aliphatic rings. The summed E-state index contributed by atoms with van der Waals surface area (Å²) in [6.45, 7) is 0. The van der Waals surface area contributed by atoms with E-state index in [-0.39, 0.29) is 0 Å². The van der Waals surface area contributed by atoms with Crippen LogP contribution in [0.25, 0.3) is 22.1 Å². The van der Waals surface area contributed by atoms with E-state index < -0.39 is 0 Å². The molecule has 4 heterocycles. The zero-order valence-electron chi connectivity index (χ0n) is 11.6. The molecule has 1 N–H and O–H groups in total. The van der Waals surface area contributed by atoms with Gasteiger partial charge in [-0.1, -0.05) is 23.2 Å². The van der Waals surface area contributed by atoms with Crippen LogP contribution in [-0.4, -0.2) is 29.5 Å². The first kappa shape index (κ1) is 16.6. The predicted octanol–water partition coefficient (Wildman–Crippen LogP) is 4.76. The molecule has 0 bridgehead atoms. The lowest BCUT2D eigenvalue weighted by Gasteiger charge is -1.95. The minimum Gasteiger partial charge on any atom is -0.344 e. The Morgan fingerprint density at radius 3 is 2.39 bits per heavy atom. The molecular weight excluding hydrogens is 471 g/mol. The molecule has 0 saturated carbocycles. The molecule has 118 valence electrons. The van der Waals surface area contributed by atoms with Crippen molar-refractivity contribution in [3.63, 3.8) is 0 Å². The van der Waals surface area contributed by atoms with Crippen molar-refractivity contribution in [2.75, 3.05) is 0 Å². The number of H-pyrrole nitrogens is 1. The van der Waals surface area contributed by atoms with Gasteiger partial charge in [0.1, 0.15) is 20.2 Å². The van der Waals surface area contributed by atoms with Gasteiger partial charge in [0.25, 0.3) is 0 Å². The molecule has 4 aromatic rings. The number of nitrogens with zero attached hydrogens (tertiary/aromatic N) is 5. The standard InChI is InChI=1S/C7H5BrClN3.C6H3BrClN3/c1-12-3-10-6-4(12)2-5(8)11-7(6)9;7-4-1-3-5(6(8)11-4)10-2-9-3/h2-3H,1H3;1-2H,(H,9,10). The Hall–Kier alpha value is -1.22. The van der Waals surface area contributed by atoms with E-state index in [4.69, 9.17) is 23.2 Å². The highest BCUT2D eigenvalue weighted by molar-refractivity contribution is 9.10. The molecule has 0 saturated heterocycles. The number of hydrogen-bond acceptors (Lipinski definition) is 4. The Kier molecular flexibility index (Phi) is 4.86. The van der Waals surface area contributed by atoms with Crippen molar-refractivity contribution < 1.29 is 0 Å². The molecule has 6 nitrogen and oxygen atoms in total. The Bertz CT molecular complexity index is 997. The number of aryl methyl sites for hydroxylation is 1. The molecule has 0 spiro atoms.